The number of ether oxygens (including phenoxy) is 1. The maximum absolute atomic E-state index is 13.2. The molecule has 0 radical (unpaired) electrons. The normalized spacial score (nSPS) is 12.1. The Kier molecular flexibility index (Phi) is 5.92. The number of aliphatic hydroxyl groups excluding tert-OH is 1. The first kappa shape index (κ1) is 20.9. The van der Waals surface area contributed by atoms with Crippen LogP contribution >= 0.6 is 11.3 Å². The number of rotatable bonds is 7. The van der Waals surface area contributed by atoms with E-state index >= 15 is 0 Å². The van der Waals surface area contributed by atoms with Crippen molar-refractivity contribution in [3.63, 3.8) is 0 Å². The molecule has 6 nitrogen and oxygen atoms in total. The first-order chi connectivity index (χ1) is 14.9. The Balaban J connectivity index is 1.51. The summed E-state index contributed by atoms with van der Waals surface area (Å²) in [5.74, 6) is 0.126. The van der Waals surface area contributed by atoms with Gasteiger partial charge in [0.2, 0.25) is 0 Å². The number of carbonyl (C=O) groups excluding carboxylic acids is 1. The van der Waals surface area contributed by atoms with Crippen molar-refractivity contribution in [2.75, 3.05) is 6.61 Å². The molecule has 1 N–H and O–H groups in total. The number of aromatic nitrogens is 2. The minimum atomic E-state index is -0.947. The summed E-state index contributed by atoms with van der Waals surface area (Å²) in [5, 5.41) is 12.6. The molecule has 158 valence electrons. The summed E-state index contributed by atoms with van der Waals surface area (Å²) in [6.07, 6.45) is 0.456. The van der Waals surface area contributed by atoms with Gasteiger partial charge in [0.25, 0.3) is 5.56 Å². The number of carbonyl (C=O) groups is 1. The molecule has 2 aromatic heterocycles. The summed E-state index contributed by atoms with van der Waals surface area (Å²) in [4.78, 5) is 29.3. The molecule has 0 unspecified atom stereocenters. The number of hydrogen-bond donors (Lipinski definition) is 1. The molecule has 0 fully saturated rings. The van der Waals surface area contributed by atoms with E-state index in [0.29, 0.717) is 27.1 Å². The van der Waals surface area contributed by atoms with E-state index in [2.05, 4.69) is 4.98 Å². The molecule has 0 aliphatic rings. The van der Waals surface area contributed by atoms with Gasteiger partial charge in [-0.2, -0.15) is 0 Å². The molecule has 31 heavy (non-hydrogen) atoms. The van der Waals surface area contributed by atoms with Crippen molar-refractivity contribution in [2.45, 2.75) is 19.6 Å². The summed E-state index contributed by atoms with van der Waals surface area (Å²) in [6, 6.07) is 12.5. The van der Waals surface area contributed by atoms with Crippen LogP contribution in [0.4, 0.5) is 4.39 Å². The molecule has 0 spiro atoms. The summed E-state index contributed by atoms with van der Waals surface area (Å²) in [7, 11) is 0. The van der Waals surface area contributed by atoms with E-state index in [4.69, 9.17) is 4.74 Å². The Morgan fingerprint density at radius 3 is 2.58 bits per heavy atom. The van der Waals surface area contributed by atoms with E-state index in [1.54, 1.807) is 36.4 Å². The van der Waals surface area contributed by atoms with Crippen LogP contribution in [0.3, 0.4) is 0 Å². The van der Waals surface area contributed by atoms with Crippen LogP contribution < -0.4 is 10.3 Å². The topological polar surface area (TPSA) is 81.4 Å². The molecule has 1 atom stereocenters. The predicted molar refractivity (Wildman–Crippen MR) is 117 cm³/mol. The van der Waals surface area contributed by atoms with Crippen LogP contribution in [0.1, 0.15) is 17.3 Å². The van der Waals surface area contributed by atoms with E-state index in [1.807, 2.05) is 5.38 Å². The molecule has 0 aliphatic carbocycles. The lowest BCUT2D eigenvalue weighted by molar-refractivity contribution is 0.0914. The number of thiophene rings is 1. The van der Waals surface area contributed by atoms with Gasteiger partial charge in [-0.1, -0.05) is 12.1 Å². The zero-order chi connectivity index (χ0) is 22.0. The van der Waals surface area contributed by atoms with Gasteiger partial charge in [0, 0.05) is 16.5 Å². The minimum absolute atomic E-state index is 0.00596. The van der Waals surface area contributed by atoms with E-state index < -0.39 is 6.10 Å². The van der Waals surface area contributed by atoms with Crippen LogP contribution in [0, 0.1) is 5.82 Å². The van der Waals surface area contributed by atoms with Gasteiger partial charge in [-0.3, -0.25) is 14.2 Å². The van der Waals surface area contributed by atoms with Crippen LogP contribution in [0.2, 0.25) is 0 Å². The Labute approximate surface area is 181 Å². The van der Waals surface area contributed by atoms with Gasteiger partial charge in [-0.05, 0) is 48.9 Å². The third-order valence-electron chi connectivity index (χ3n) is 4.83. The highest BCUT2D eigenvalue weighted by Gasteiger charge is 2.15. The summed E-state index contributed by atoms with van der Waals surface area (Å²) in [6.45, 7) is 1.46. The molecule has 2 heterocycles. The van der Waals surface area contributed by atoms with Gasteiger partial charge in [0.1, 0.15) is 29.1 Å². The molecular formula is C23H19FN2O4S. The third-order valence-corrected chi connectivity index (χ3v) is 5.71. The number of hydrogen-bond acceptors (Lipinski definition) is 6. The summed E-state index contributed by atoms with van der Waals surface area (Å²) in [5.41, 5.74) is 1.70. The van der Waals surface area contributed by atoms with Gasteiger partial charge < -0.3 is 9.84 Å². The molecule has 0 saturated carbocycles. The highest BCUT2D eigenvalue weighted by molar-refractivity contribution is 7.17. The number of Topliss-reactive ketones (excluding diaryl/α,β-unsaturated/α-hetero) is 1. The van der Waals surface area contributed by atoms with Gasteiger partial charge in [0.15, 0.2) is 5.78 Å². The fraction of sp³-hybridized carbons (Fsp3) is 0.174. The van der Waals surface area contributed by atoms with Crippen molar-refractivity contribution in [1.29, 1.82) is 0 Å². The maximum atomic E-state index is 13.2. The van der Waals surface area contributed by atoms with Crippen molar-refractivity contribution in [2.24, 2.45) is 0 Å². The second-order valence-corrected chi connectivity index (χ2v) is 7.94. The minimum Gasteiger partial charge on any atom is -0.491 e. The van der Waals surface area contributed by atoms with Crippen molar-refractivity contribution >= 4 is 27.3 Å². The van der Waals surface area contributed by atoms with Crippen LogP contribution in [0.15, 0.2) is 65.0 Å². The zero-order valence-corrected chi connectivity index (χ0v) is 17.4. The average molecular weight is 438 g/mol. The second-order valence-electron chi connectivity index (χ2n) is 7.08. The van der Waals surface area contributed by atoms with E-state index in [1.165, 1.54) is 41.3 Å². The monoisotopic (exact) mass is 438 g/mol. The van der Waals surface area contributed by atoms with E-state index in [0.717, 1.165) is 5.56 Å². The van der Waals surface area contributed by atoms with Crippen LogP contribution in [0.5, 0.6) is 5.75 Å². The van der Waals surface area contributed by atoms with Crippen molar-refractivity contribution in [3.05, 3.63) is 82.0 Å². The molecule has 0 saturated heterocycles. The molecule has 4 aromatic rings. The molecule has 8 heteroatoms. The molecule has 2 aromatic carbocycles. The lowest BCUT2D eigenvalue weighted by Crippen LogP contribution is -2.30. The van der Waals surface area contributed by atoms with Crippen molar-refractivity contribution < 1.29 is 19.0 Å². The van der Waals surface area contributed by atoms with Crippen LogP contribution in [-0.2, 0) is 6.54 Å². The largest absolute Gasteiger partial charge is 0.491 e. The summed E-state index contributed by atoms with van der Waals surface area (Å²) < 4.78 is 20.2. The van der Waals surface area contributed by atoms with E-state index in [9.17, 15) is 19.1 Å². The maximum Gasteiger partial charge on any atom is 0.262 e. The Morgan fingerprint density at radius 1 is 1.19 bits per heavy atom. The lowest BCUT2D eigenvalue weighted by atomic mass is 10.1. The Morgan fingerprint density at radius 2 is 1.90 bits per heavy atom. The smallest absolute Gasteiger partial charge is 0.262 e. The predicted octanol–water partition coefficient (Wildman–Crippen LogP) is 3.91. The molecule has 0 bridgehead atoms. The summed E-state index contributed by atoms with van der Waals surface area (Å²) >= 11 is 1.34. The highest BCUT2D eigenvalue weighted by atomic mass is 32.1. The number of aliphatic hydroxyl groups is 1. The fourth-order valence-electron chi connectivity index (χ4n) is 3.20. The van der Waals surface area contributed by atoms with Crippen molar-refractivity contribution in [3.8, 4) is 16.9 Å². The molecule has 0 amide bonds. The standard InChI is InChI=1S/C23H19FN2O4S/c1-14(27)15-4-8-19(9-5-15)30-11-18(28)10-26-13-25-22-21(23(26)29)20(12-31-22)16-2-6-17(24)7-3-16/h2-9,12-13,18,28H,10-11H2,1H3/t18-/m0/s1. The Bertz CT molecular complexity index is 1280. The van der Waals surface area contributed by atoms with Gasteiger partial charge >= 0.3 is 0 Å². The zero-order valence-electron chi connectivity index (χ0n) is 16.6. The van der Waals surface area contributed by atoms with Gasteiger partial charge in [0.05, 0.1) is 18.3 Å². The third kappa shape index (κ3) is 4.55. The van der Waals surface area contributed by atoms with Crippen molar-refractivity contribution in [1.82, 2.24) is 9.55 Å². The second kappa shape index (κ2) is 8.79. The number of nitrogens with zero attached hydrogens (tertiary/aromatic N) is 2. The number of benzene rings is 2. The molecular weight excluding hydrogens is 419 g/mol. The van der Waals surface area contributed by atoms with E-state index in [-0.39, 0.29) is 30.3 Å². The van der Waals surface area contributed by atoms with Crippen LogP contribution in [0.25, 0.3) is 21.3 Å². The number of halogens is 1. The fourth-order valence-corrected chi connectivity index (χ4v) is 4.10. The quantitative estimate of drug-likeness (QED) is 0.443. The Hall–Kier alpha value is -3.36. The average Bonchev–Trinajstić information content (AvgIpc) is 3.20. The first-order valence-electron chi connectivity index (χ1n) is 9.57. The number of ketones is 1. The number of fused-ring (bicyclic) bond motifs is 1. The van der Waals surface area contributed by atoms with Gasteiger partial charge in [-0.25, -0.2) is 9.37 Å². The SMILES string of the molecule is CC(=O)c1ccc(OC[C@@H](O)Cn2cnc3scc(-c4ccc(F)cc4)c3c2=O)cc1. The lowest BCUT2D eigenvalue weighted by Gasteiger charge is -2.14. The molecule has 0 aliphatic heterocycles. The molecule has 4 rings (SSSR count). The highest BCUT2D eigenvalue weighted by Crippen LogP contribution is 2.30. The first-order valence-corrected chi connectivity index (χ1v) is 10.4. The van der Waals surface area contributed by atoms with Crippen LogP contribution in [-0.4, -0.2) is 33.2 Å². The van der Waals surface area contributed by atoms with Gasteiger partial charge in [-0.15, -0.1) is 11.3 Å².